The van der Waals surface area contributed by atoms with Crippen molar-refractivity contribution in [2.45, 2.75) is 37.2 Å². The van der Waals surface area contributed by atoms with Gasteiger partial charge in [-0.2, -0.15) is 4.31 Å². The van der Waals surface area contributed by atoms with E-state index in [0.29, 0.717) is 22.8 Å². The molecule has 0 radical (unpaired) electrons. The highest BCUT2D eigenvalue weighted by Crippen LogP contribution is 2.35. The van der Waals surface area contributed by atoms with Crippen molar-refractivity contribution in [3.05, 3.63) is 53.9 Å². The highest BCUT2D eigenvalue weighted by atomic mass is 32.2. The van der Waals surface area contributed by atoms with E-state index in [9.17, 15) is 8.42 Å². The number of methoxy groups -OCH3 is 1. The fraction of sp³-hybridized carbons (Fsp3) is 0.353. The monoisotopic (exact) mass is 332 g/mol. The van der Waals surface area contributed by atoms with Crippen LogP contribution in [0.2, 0.25) is 0 Å². The maximum atomic E-state index is 13.1. The summed E-state index contributed by atoms with van der Waals surface area (Å²) in [5.41, 5.74) is 1.64. The lowest BCUT2D eigenvalue weighted by Crippen LogP contribution is -2.33. The lowest BCUT2D eigenvalue weighted by atomic mass is 10.2. The van der Waals surface area contributed by atoms with Gasteiger partial charge < -0.3 is 4.74 Å². The Labute approximate surface area is 137 Å². The molecule has 0 aliphatic heterocycles. The number of rotatable bonds is 6. The molecule has 1 aliphatic carbocycles. The van der Waals surface area contributed by atoms with Crippen molar-refractivity contribution < 1.29 is 13.2 Å². The molecule has 1 aromatic heterocycles. The first-order chi connectivity index (χ1) is 11.0. The van der Waals surface area contributed by atoms with Crippen LogP contribution in [0.1, 0.15) is 24.0 Å². The van der Waals surface area contributed by atoms with Crippen LogP contribution in [0.3, 0.4) is 0 Å². The molecule has 1 fully saturated rings. The molecule has 2 aromatic rings. The van der Waals surface area contributed by atoms with Gasteiger partial charge in [0.05, 0.1) is 12.0 Å². The summed E-state index contributed by atoms with van der Waals surface area (Å²) in [7, 11) is -1.96. The zero-order valence-corrected chi connectivity index (χ0v) is 14.1. The Bertz CT molecular complexity index is 787. The van der Waals surface area contributed by atoms with Crippen LogP contribution in [0.15, 0.2) is 47.6 Å². The fourth-order valence-corrected chi connectivity index (χ4v) is 4.49. The first-order valence-corrected chi connectivity index (χ1v) is 9.02. The third-order valence-electron chi connectivity index (χ3n) is 4.01. The van der Waals surface area contributed by atoms with E-state index in [1.54, 1.807) is 48.9 Å². The SMILES string of the molecule is COc1ccc(S(=O)(=O)N(Cc2ccncc2)C2CC2)c(C)c1. The van der Waals surface area contributed by atoms with Gasteiger partial charge in [0, 0.05) is 25.0 Å². The summed E-state index contributed by atoms with van der Waals surface area (Å²) in [5, 5.41) is 0. The molecule has 122 valence electrons. The zero-order chi connectivity index (χ0) is 16.4. The van der Waals surface area contributed by atoms with Crippen LogP contribution in [0.4, 0.5) is 0 Å². The van der Waals surface area contributed by atoms with E-state index >= 15 is 0 Å². The average molecular weight is 332 g/mol. The summed E-state index contributed by atoms with van der Waals surface area (Å²) >= 11 is 0. The van der Waals surface area contributed by atoms with Crippen LogP contribution in [0.5, 0.6) is 5.75 Å². The first-order valence-electron chi connectivity index (χ1n) is 7.58. The van der Waals surface area contributed by atoms with Crippen LogP contribution < -0.4 is 4.74 Å². The van der Waals surface area contributed by atoms with Crippen molar-refractivity contribution >= 4 is 10.0 Å². The van der Waals surface area contributed by atoms with Crippen molar-refractivity contribution in [3.8, 4) is 5.75 Å². The third-order valence-corrected chi connectivity index (χ3v) is 6.07. The molecule has 1 heterocycles. The molecule has 3 rings (SSSR count). The second-order valence-electron chi connectivity index (χ2n) is 5.77. The normalized spacial score (nSPS) is 14.9. The van der Waals surface area contributed by atoms with Gasteiger partial charge in [0.15, 0.2) is 0 Å². The second-order valence-corrected chi connectivity index (χ2v) is 7.63. The van der Waals surface area contributed by atoms with Crippen LogP contribution in [0, 0.1) is 6.92 Å². The number of aromatic nitrogens is 1. The van der Waals surface area contributed by atoms with Gasteiger partial charge in [-0.15, -0.1) is 0 Å². The average Bonchev–Trinajstić information content (AvgIpc) is 3.37. The summed E-state index contributed by atoms with van der Waals surface area (Å²) in [4.78, 5) is 4.33. The van der Waals surface area contributed by atoms with E-state index < -0.39 is 10.0 Å². The number of aryl methyl sites for hydroxylation is 1. The lowest BCUT2D eigenvalue weighted by Gasteiger charge is -2.23. The number of benzene rings is 1. The summed E-state index contributed by atoms with van der Waals surface area (Å²) in [5.74, 6) is 0.661. The first kappa shape index (κ1) is 16.0. The quantitative estimate of drug-likeness (QED) is 0.816. The molecule has 0 bridgehead atoms. The molecule has 6 heteroatoms. The Morgan fingerprint density at radius 2 is 1.91 bits per heavy atom. The molecular formula is C17H20N2O3S. The summed E-state index contributed by atoms with van der Waals surface area (Å²) in [6, 6.07) is 8.87. The molecule has 1 aromatic carbocycles. The minimum absolute atomic E-state index is 0.0923. The molecule has 0 N–H and O–H groups in total. The Morgan fingerprint density at radius 1 is 1.22 bits per heavy atom. The number of sulfonamides is 1. The number of hydrogen-bond donors (Lipinski definition) is 0. The largest absolute Gasteiger partial charge is 0.497 e. The van der Waals surface area contributed by atoms with E-state index in [0.717, 1.165) is 18.4 Å². The maximum absolute atomic E-state index is 13.1. The van der Waals surface area contributed by atoms with Gasteiger partial charge in [-0.1, -0.05) is 0 Å². The zero-order valence-electron chi connectivity index (χ0n) is 13.3. The van der Waals surface area contributed by atoms with Crippen molar-refractivity contribution in [2.24, 2.45) is 0 Å². The molecule has 0 atom stereocenters. The Balaban J connectivity index is 1.95. The highest BCUT2D eigenvalue weighted by molar-refractivity contribution is 7.89. The summed E-state index contributed by atoms with van der Waals surface area (Å²) < 4.78 is 33.0. The highest BCUT2D eigenvalue weighted by Gasteiger charge is 2.38. The number of pyridine rings is 1. The van der Waals surface area contributed by atoms with Gasteiger partial charge in [0.2, 0.25) is 10.0 Å². The molecular weight excluding hydrogens is 312 g/mol. The lowest BCUT2D eigenvalue weighted by molar-refractivity contribution is 0.397. The van der Waals surface area contributed by atoms with Gasteiger partial charge in [-0.3, -0.25) is 4.98 Å². The minimum Gasteiger partial charge on any atom is -0.497 e. The maximum Gasteiger partial charge on any atom is 0.243 e. The van der Waals surface area contributed by atoms with Crippen molar-refractivity contribution in [2.75, 3.05) is 7.11 Å². The topological polar surface area (TPSA) is 59.5 Å². The van der Waals surface area contributed by atoms with Gasteiger partial charge in [-0.25, -0.2) is 8.42 Å². The van der Waals surface area contributed by atoms with Crippen LogP contribution >= 0.6 is 0 Å². The molecule has 5 nitrogen and oxygen atoms in total. The van der Waals surface area contributed by atoms with Crippen LogP contribution in [-0.4, -0.2) is 30.9 Å². The number of nitrogens with zero attached hydrogens (tertiary/aromatic N) is 2. The summed E-state index contributed by atoms with van der Waals surface area (Å²) in [6.07, 6.45) is 5.20. The van der Waals surface area contributed by atoms with E-state index in [1.165, 1.54) is 0 Å². The van der Waals surface area contributed by atoms with Crippen LogP contribution in [-0.2, 0) is 16.6 Å². The molecule has 0 unspecified atom stereocenters. The Morgan fingerprint density at radius 3 is 2.48 bits per heavy atom. The molecule has 0 saturated heterocycles. The van der Waals surface area contributed by atoms with Gasteiger partial charge in [0.25, 0.3) is 0 Å². The van der Waals surface area contributed by atoms with E-state index in [-0.39, 0.29) is 6.04 Å². The van der Waals surface area contributed by atoms with Gasteiger partial charge in [-0.05, 0) is 61.2 Å². The Hall–Kier alpha value is -1.92. The molecule has 23 heavy (non-hydrogen) atoms. The third kappa shape index (κ3) is 3.38. The van der Waals surface area contributed by atoms with Crippen molar-refractivity contribution in [1.82, 2.24) is 9.29 Å². The molecule has 0 spiro atoms. The smallest absolute Gasteiger partial charge is 0.243 e. The number of hydrogen-bond acceptors (Lipinski definition) is 4. The second kappa shape index (κ2) is 6.29. The minimum atomic E-state index is -3.53. The van der Waals surface area contributed by atoms with E-state index in [2.05, 4.69) is 4.98 Å². The van der Waals surface area contributed by atoms with Crippen molar-refractivity contribution in [3.63, 3.8) is 0 Å². The van der Waals surface area contributed by atoms with Gasteiger partial charge in [0.1, 0.15) is 5.75 Å². The number of ether oxygens (including phenoxy) is 1. The molecule has 1 saturated carbocycles. The predicted octanol–water partition coefficient (Wildman–Crippen LogP) is 2.75. The fourth-order valence-electron chi connectivity index (χ4n) is 2.61. The van der Waals surface area contributed by atoms with E-state index in [1.807, 2.05) is 12.1 Å². The van der Waals surface area contributed by atoms with Crippen LogP contribution in [0.25, 0.3) is 0 Å². The van der Waals surface area contributed by atoms with Crippen molar-refractivity contribution in [1.29, 1.82) is 0 Å². The standard InChI is InChI=1S/C17H20N2O3S/c1-13-11-16(22-2)5-6-17(13)23(20,21)19(15-3-4-15)12-14-7-9-18-10-8-14/h5-11,15H,3-4,12H2,1-2H3. The van der Waals surface area contributed by atoms with E-state index in [4.69, 9.17) is 4.74 Å². The Kier molecular flexibility index (Phi) is 4.37. The molecule has 1 aliphatic rings. The molecule has 0 amide bonds. The van der Waals surface area contributed by atoms with Gasteiger partial charge >= 0.3 is 0 Å². The summed E-state index contributed by atoms with van der Waals surface area (Å²) in [6.45, 7) is 2.17. The predicted molar refractivity (Wildman–Crippen MR) is 87.7 cm³/mol.